The molecule has 2 N–H and O–H groups in total. The Morgan fingerprint density at radius 1 is 1.19 bits per heavy atom. The van der Waals surface area contributed by atoms with Gasteiger partial charge in [0.05, 0.1) is 23.3 Å². The Hall–Kier alpha value is -3.74. The lowest BCUT2D eigenvalue weighted by Gasteiger charge is -2.36. The minimum atomic E-state index is -0.459. The van der Waals surface area contributed by atoms with Gasteiger partial charge in [0.25, 0.3) is 0 Å². The van der Waals surface area contributed by atoms with E-state index in [1.807, 2.05) is 32.0 Å². The molecule has 2 amide bonds. The topological polar surface area (TPSA) is 73.9 Å². The molecule has 2 aromatic heterocycles. The highest BCUT2D eigenvalue weighted by atomic mass is 19.1. The van der Waals surface area contributed by atoms with Gasteiger partial charge < -0.3 is 15.2 Å². The smallest absolute Gasteiger partial charge is 0.322 e. The third-order valence-electron chi connectivity index (χ3n) is 5.68. The van der Waals surface area contributed by atoms with Crippen molar-refractivity contribution in [1.29, 1.82) is 0 Å². The van der Waals surface area contributed by atoms with Crippen LogP contribution in [0.5, 0.6) is 0 Å². The van der Waals surface area contributed by atoms with Crippen molar-refractivity contribution >= 4 is 22.8 Å². The molecular formula is C24H22FN5O. The number of carbonyl (C=O) groups excluding carboxylic acids is 1. The van der Waals surface area contributed by atoms with Crippen LogP contribution in [0.2, 0.25) is 0 Å². The van der Waals surface area contributed by atoms with E-state index in [1.165, 1.54) is 18.5 Å². The number of rotatable bonds is 2. The number of aromatic nitrogens is 3. The normalized spacial score (nSPS) is 15.7. The molecule has 3 heterocycles. The summed E-state index contributed by atoms with van der Waals surface area (Å²) in [5, 5.41) is 3.02. The number of fused-ring (bicyclic) bond motifs is 3. The highest BCUT2D eigenvalue weighted by molar-refractivity contribution is 5.91. The van der Waals surface area contributed by atoms with Crippen LogP contribution in [0.3, 0.4) is 0 Å². The van der Waals surface area contributed by atoms with Crippen molar-refractivity contribution in [2.24, 2.45) is 0 Å². The lowest BCUT2D eigenvalue weighted by atomic mass is 9.93. The highest BCUT2D eigenvalue weighted by Crippen LogP contribution is 2.38. The molecule has 0 saturated heterocycles. The van der Waals surface area contributed by atoms with E-state index < -0.39 is 6.04 Å². The van der Waals surface area contributed by atoms with Gasteiger partial charge in [0.1, 0.15) is 12.1 Å². The Morgan fingerprint density at radius 2 is 2.00 bits per heavy atom. The molecule has 0 radical (unpaired) electrons. The van der Waals surface area contributed by atoms with E-state index in [-0.39, 0.29) is 11.8 Å². The number of nitrogens with zero attached hydrogens (tertiary/aromatic N) is 3. The molecule has 1 aliphatic rings. The summed E-state index contributed by atoms with van der Waals surface area (Å²) in [6, 6.07) is 11.7. The van der Waals surface area contributed by atoms with Crippen molar-refractivity contribution in [3.05, 3.63) is 88.8 Å². The van der Waals surface area contributed by atoms with E-state index in [9.17, 15) is 9.18 Å². The van der Waals surface area contributed by atoms with Gasteiger partial charge in [0.15, 0.2) is 0 Å². The largest absolute Gasteiger partial charge is 0.354 e. The van der Waals surface area contributed by atoms with Crippen LogP contribution >= 0.6 is 0 Å². The number of aryl methyl sites for hydroxylation is 2. The van der Waals surface area contributed by atoms with E-state index >= 15 is 0 Å². The van der Waals surface area contributed by atoms with Crippen LogP contribution in [0.4, 0.5) is 14.9 Å². The highest BCUT2D eigenvalue weighted by Gasteiger charge is 2.35. The van der Waals surface area contributed by atoms with E-state index in [2.05, 4.69) is 26.3 Å². The van der Waals surface area contributed by atoms with Gasteiger partial charge in [-0.1, -0.05) is 18.2 Å². The lowest BCUT2D eigenvalue weighted by Crippen LogP contribution is -2.43. The molecule has 0 spiro atoms. The molecule has 6 nitrogen and oxygen atoms in total. The molecule has 0 fully saturated rings. The summed E-state index contributed by atoms with van der Waals surface area (Å²) in [7, 11) is 0. The minimum Gasteiger partial charge on any atom is -0.354 e. The van der Waals surface area contributed by atoms with Crippen molar-refractivity contribution in [2.75, 3.05) is 11.9 Å². The van der Waals surface area contributed by atoms with Crippen molar-refractivity contribution < 1.29 is 9.18 Å². The summed E-state index contributed by atoms with van der Waals surface area (Å²) in [6.07, 6.45) is 3.90. The number of H-pyrrole nitrogens is 1. The lowest BCUT2D eigenvalue weighted by molar-refractivity contribution is 0.193. The van der Waals surface area contributed by atoms with Crippen LogP contribution in [-0.2, 0) is 6.42 Å². The van der Waals surface area contributed by atoms with E-state index in [1.54, 1.807) is 17.2 Å². The van der Waals surface area contributed by atoms with E-state index in [0.29, 0.717) is 18.5 Å². The number of amides is 2. The SMILES string of the molecule is Cc1cc(C)cc(NC(=O)N2CCc3c([nH]c4cncnc34)C2c2cccc(F)c2)c1. The minimum absolute atomic E-state index is 0.227. The summed E-state index contributed by atoms with van der Waals surface area (Å²) < 4.78 is 14.1. The summed E-state index contributed by atoms with van der Waals surface area (Å²) >= 11 is 0. The van der Waals surface area contributed by atoms with E-state index in [4.69, 9.17) is 0 Å². The first-order chi connectivity index (χ1) is 15.0. The maximum Gasteiger partial charge on any atom is 0.322 e. The molecule has 2 aromatic carbocycles. The standard InChI is InChI=1S/C24H22FN5O/c1-14-8-15(2)10-18(9-14)28-24(31)30-7-6-19-21-20(12-26-13-27-21)29-22(19)23(30)16-4-3-5-17(25)11-16/h3-5,8-13,23,29H,6-7H2,1-2H3,(H,28,31). The number of urea groups is 1. The third-order valence-corrected chi connectivity index (χ3v) is 5.68. The van der Waals surface area contributed by atoms with Crippen molar-refractivity contribution in [2.45, 2.75) is 26.3 Å². The second kappa shape index (κ2) is 7.50. The number of benzene rings is 2. The third kappa shape index (κ3) is 3.52. The fraction of sp³-hybridized carbons (Fsp3) is 0.208. The fourth-order valence-corrected chi connectivity index (χ4v) is 4.50. The zero-order valence-electron chi connectivity index (χ0n) is 17.3. The Bertz CT molecular complexity index is 1280. The van der Waals surface area contributed by atoms with Gasteiger partial charge in [-0.05, 0) is 61.2 Å². The average Bonchev–Trinajstić information content (AvgIpc) is 3.11. The average molecular weight is 415 g/mol. The van der Waals surface area contributed by atoms with Crippen LogP contribution in [0.25, 0.3) is 11.0 Å². The van der Waals surface area contributed by atoms with Gasteiger partial charge in [-0.2, -0.15) is 0 Å². The summed E-state index contributed by atoms with van der Waals surface area (Å²) in [6.45, 7) is 4.48. The molecule has 0 saturated carbocycles. The molecule has 156 valence electrons. The number of aromatic amines is 1. The van der Waals surface area contributed by atoms with Crippen LogP contribution < -0.4 is 5.32 Å². The molecule has 1 unspecified atom stereocenters. The Morgan fingerprint density at radius 3 is 2.77 bits per heavy atom. The van der Waals surface area contributed by atoms with Crippen LogP contribution in [-0.4, -0.2) is 32.4 Å². The Kier molecular flexibility index (Phi) is 4.66. The van der Waals surface area contributed by atoms with Crippen molar-refractivity contribution in [3.63, 3.8) is 0 Å². The van der Waals surface area contributed by atoms with Gasteiger partial charge in [0, 0.05) is 23.5 Å². The molecule has 1 atom stereocenters. The van der Waals surface area contributed by atoms with Gasteiger partial charge in [0.2, 0.25) is 0 Å². The maximum atomic E-state index is 14.1. The first-order valence-corrected chi connectivity index (χ1v) is 10.2. The summed E-state index contributed by atoms with van der Waals surface area (Å²) in [5.74, 6) is -0.338. The Labute approximate surface area is 179 Å². The maximum absolute atomic E-state index is 14.1. The number of halogens is 1. The summed E-state index contributed by atoms with van der Waals surface area (Å²) in [4.78, 5) is 27.0. The summed E-state index contributed by atoms with van der Waals surface area (Å²) in [5.41, 5.74) is 7.15. The van der Waals surface area contributed by atoms with Crippen LogP contribution in [0.1, 0.15) is 34.0 Å². The van der Waals surface area contributed by atoms with Crippen molar-refractivity contribution in [3.8, 4) is 0 Å². The zero-order chi connectivity index (χ0) is 21.5. The fourth-order valence-electron chi connectivity index (χ4n) is 4.50. The molecular weight excluding hydrogens is 393 g/mol. The van der Waals surface area contributed by atoms with Gasteiger partial charge in [-0.3, -0.25) is 0 Å². The number of hydrogen-bond donors (Lipinski definition) is 2. The molecule has 0 aliphatic carbocycles. The van der Waals surface area contributed by atoms with Gasteiger partial charge in [-0.25, -0.2) is 19.2 Å². The second-order valence-corrected chi connectivity index (χ2v) is 8.01. The van der Waals surface area contributed by atoms with Crippen molar-refractivity contribution in [1.82, 2.24) is 19.9 Å². The van der Waals surface area contributed by atoms with Gasteiger partial charge in [-0.15, -0.1) is 0 Å². The number of anilines is 1. The van der Waals surface area contributed by atoms with Gasteiger partial charge >= 0.3 is 6.03 Å². The Balaban J connectivity index is 1.58. The second-order valence-electron chi connectivity index (χ2n) is 8.01. The molecule has 1 aliphatic heterocycles. The van der Waals surface area contributed by atoms with Crippen LogP contribution in [0, 0.1) is 19.7 Å². The van der Waals surface area contributed by atoms with Crippen LogP contribution in [0.15, 0.2) is 55.0 Å². The number of nitrogens with one attached hydrogen (secondary N) is 2. The number of hydrogen-bond acceptors (Lipinski definition) is 3. The molecule has 31 heavy (non-hydrogen) atoms. The zero-order valence-corrected chi connectivity index (χ0v) is 17.3. The van der Waals surface area contributed by atoms with E-state index in [0.717, 1.165) is 39.1 Å². The molecule has 0 bridgehead atoms. The number of carbonyl (C=O) groups is 1. The predicted octanol–water partition coefficient (Wildman–Crippen LogP) is 4.89. The predicted molar refractivity (Wildman–Crippen MR) is 117 cm³/mol. The quantitative estimate of drug-likeness (QED) is 0.489. The monoisotopic (exact) mass is 415 g/mol. The first-order valence-electron chi connectivity index (χ1n) is 10.2. The molecule has 7 heteroatoms. The molecule has 4 aromatic rings. The molecule has 5 rings (SSSR count). The first kappa shape index (κ1) is 19.2.